The summed E-state index contributed by atoms with van der Waals surface area (Å²) in [5.41, 5.74) is 3.80. The Bertz CT molecular complexity index is 1050. The second kappa shape index (κ2) is 6.24. The van der Waals surface area contributed by atoms with Gasteiger partial charge in [-0.3, -0.25) is 9.48 Å². The predicted octanol–water partition coefficient (Wildman–Crippen LogP) is 2.48. The fourth-order valence-electron chi connectivity index (χ4n) is 2.82. The van der Waals surface area contributed by atoms with E-state index < -0.39 is 0 Å². The van der Waals surface area contributed by atoms with Crippen LogP contribution < -0.4 is 5.56 Å². The smallest absolute Gasteiger partial charge is 0.252 e. The molecule has 0 radical (unpaired) electrons. The molecule has 0 bridgehead atoms. The first-order chi connectivity index (χ1) is 12.2. The topological polar surface area (TPSA) is 57.6 Å². The third-order valence-electron chi connectivity index (χ3n) is 4.12. The van der Waals surface area contributed by atoms with Crippen LogP contribution in [-0.2, 0) is 13.6 Å². The van der Waals surface area contributed by atoms with Crippen molar-refractivity contribution in [3.63, 3.8) is 0 Å². The van der Waals surface area contributed by atoms with Crippen LogP contribution in [0.2, 0.25) is 0 Å². The molecule has 3 heterocycles. The second-order valence-electron chi connectivity index (χ2n) is 5.90. The fraction of sp³-hybridized carbons (Fsp3) is 0.105. The molecule has 25 heavy (non-hydrogen) atoms. The summed E-state index contributed by atoms with van der Waals surface area (Å²) in [7, 11) is 1.75. The number of hydrogen-bond acceptors (Lipinski definition) is 3. The summed E-state index contributed by atoms with van der Waals surface area (Å²) in [6, 6.07) is 11.8. The summed E-state index contributed by atoms with van der Waals surface area (Å²) in [6.45, 7) is 0.701. The molecule has 6 nitrogen and oxygen atoms in total. The highest BCUT2D eigenvalue weighted by Gasteiger charge is 2.12. The summed E-state index contributed by atoms with van der Waals surface area (Å²) in [5, 5.41) is 4.47. The first-order valence-corrected chi connectivity index (χ1v) is 7.96. The van der Waals surface area contributed by atoms with E-state index in [1.165, 1.54) is 5.56 Å². The van der Waals surface area contributed by atoms with Gasteiger partial charge in [-0.2, -0.15) is 5.10 Å². The van der Waals surface area contributed by atoms with E-state index in [9.17, 15) is 4.79 Å². The molecule has 0 aliphatic carbocycles. The molecule has 0 aliphatic heterocycles. The first kappa shape index (κ1) is 15.1. The van der Waals surface area contributed by atoms with Crippen LogP contribution in [-0.4, -0.2) is 23.9 Å². The number of pyridine rings is 1. The average molecular weight is 331 g/mol. The molecule has 6 heteroatoms. The van der Waals surface area contributed by atoms with Gasteiger partial charge in [0.25, 0.3) is 5.56 Å². The van der Waals surface area contributed by atoms with E-state index in [-0.39, 0.29) is 5.56 Å². The Morgan fingerprint density at radius 3 is 2.72 bits per heavy atom. The highest BCUT2D eigenvalue weighted by molar-refractivity contribution is 5.71. The highest BCUT2D eigenvalue weighted by atomic mass is 16.1. The molecule has 0 atom stereocenters. The van der Waals surface area contributed by atoms with Gasteiger partial charge in [-0.1, -0.05) is 30.3 Å². The Balaban J connectivity index is 1.75. The monoisotopic (exact) mass is 331 g/mol. The van der Waals surface area contributed by atoms with Crippen molar-refractivity contribution < 1.29 is 0 Å². The molecule has 0 N–H and O–H groups in total. The quantitative estimate of drug-likeness (QED) is 0.577. The Labute approximate surface area is 144 Å². The molecular formula is C19H17N5O. The molecule has 3 aromatic heterocycles. The summed E-state index contributed by atoms with van der Waals surface area (Å²) >= 11 is 0. The normalized spacial score (nSPS) is 10.9. The standard InChI is InChI=1S/C19H17N5O/c1-22-13-17(18(9-19(22)25)23-8-7-20-14-23)16-10-21-24(12-16)11-15-5-3-2-4-6-15/h2-10,12-14H,11H2,1H3. The summed E-state index contributed by atoms with van der Waals surface area (Å²) in [4.78, 5) is 16.2. The summed E-state index contributed by atoms with van der Waals surface area (Å²) in [5.74, 6) is 0. The third kappa shape index (κ3) is 3.01. The number of aromatic nitrogens is 5. The van der Waals surface area contributed by atoms with Crippen molar-refractivity contribution in [3.8, 4) is 16.8 Å². The molecule has 0 unspecified atom stereocenters. The van der Waals surface area contributed by atoms with Gasteiger partial charge in [0.1, 0.15) is 0 Å². The zero-order valence-corrected chi connectivity index (χ0v) is 13.8. The molecule has 124 valence electrons. The average Bonchev–Trinajstić information content (AvgIpc) is 3.30. The molecule has 4 rings (SSSR count). The van der Waals surface area contributed by atoms with Crippen molar-refractivity contribution in [2.45, 2.75) is 6.54 Å². The molecular weight excluding hydrogens is 314 g/mol. The fourth-order valence-corrected chi connectivity index (χ4v) is 2.82. The lowest BCUT2D eigenvalue weighted by molar-refractivity contribution is 0.687. The van der Waals surface area contributed by atoms with Gasteiger partial charge >= 0.3 is 0 Å². The minimum atomic E-state index is -0.0656. The van der Waals surface area contributed by atoms with E-state index in [4.69, 9.17) is 0 Å². The van der Waals surface area contributed by atoms with Gasteiger partial charge < -0.3 is 9.13 Å². The maximum atomic E-state index is 12.1. The van der Waals surface area contributed by atoms with Crippen molar-refractivity contribution in [3.05, 3.63) is 89.6 Å². The molecule has 0 saturated heterocycles. The Kier molecular flexibility index (Phi) is 3.78. The lowest BCUT2D eigenvalue weighted by Crippen LogP contribution is -2.17. The third-order valence-corrected chi connectivity index (χ3v) is 4.12. The predicted molar refractivity (Wildman–Crippen MR) is 95.6 cm³/mol. The van der Waals surface area contributed by atoms with Gasteiger partial charge in [-0.25, -0.2) is 4.98 Å². The molecule has 0 aliphatic rings. The van der Waals surface area contributed by atoms with E-state index in [2.05, 4.69) is 22.2 Å². The first-order valence-electron chi connectivity index (χ1n) is 7.96. The number of benzene rings is 1. The van der Waals surface area contributed by atoms with Gasteiger partial charge in [-0.05, 0) is 5.56 Å². The van der Waals surface area contributed by atoms with E-state index in [0.717, 1.165) is 16.8 Å². The van der Waals surface area contributed by atoms with Crippen molar-refractivity contribution >= 4 is 0 Å². The number of aryl methyl sites for hydroxylation is 1. The maximum absolute atomic E-state index is 12.1. The Morgan fingerprint density at radius 2 is 1.96 bits per heavy atom. The van der Waals surface area contributed by atoms with Crippen LogP contribution in [0.1, 0.15) is 5.56 Å². The van der Waals surface area contributed by atoms with Crippen LogP contribution in [0.3, 0.4) is 0 Å². The van der Waals surface area contributed by atoms with E-state index in [0.29, 0.717) is 6.54 Å². The van der Waals surface area contributed by atoms with E-state index in [1.807, 2.05) is 52.2 Å². The lowest BCUT2D eigenvalue weighted by Gasteiger charge is -2.10. The van der Waals surface area contributed by atoms with Crippen LogP contribution in [0.25, 0.3) is 16.8 Å². The van der Waals surface area contributed by atoms with Crippen LogP contribution in [0, 0.1) is 0 Å². The Hall–Kier alpha value is -3.41. The lowest BCUT2D eigenvalue weighted by atomic mass is 10.1. The minimum Gasteiger partial charge on any atom is -0.318 e. The van der Waals surface area contributed by atoms with Crippen molar-refractivity contribution in [1.82, 2.24) is 23.9 Å². The molecule has 1 aromatic carbocycles. The van der Waals surface area contributed by atoms with Gasteiger partial charge in [0.15, 0.2) is 0 Å². The molecule has 4 aromatic rings. The molecule has 0 spiro atoms. The summed E-state index contributed by atoms with van der Waals surface area (Å²) < 4.78 is 5.31. The number of nitrogens with zero attached hydrogens (tertiary/aromatic N) is 5. The molecule has 0 amide bonds. The van der Waals surface area contributed by atoms with Crippen LogP contribution >= 0.6 is 0 Å². The molecule has 0 fully saturated rings. The van der Waals surface area contributed by atoms with Crippen molar-refractivity contribution in [1.29, 1.82) is 0 Å². The number of rotatable bonds is 4. The van der Waals surface area contributed by atoms with Gasteiger partial charge in [0.2, 0.25) is 0 Å². The molecule has 0 saturated carbocycles. The minimum absolute atomic E-state index is 0.0656. The van der Waals surface area contributed by atoms with Crippen LogP contribution in [0.4, 0.5) is 0 Å². The van der Waals surface area contributed by atoms with Crippen molar-refractivity contribution in [2.24, 2.45) is 7.05 Å². The van der Waals surface area contributed by atoms with Crippen molar-refractivity contribution in [2.75, 3.05) is 0 Å². The number of imidazole rings is 1. The van der Waals surface area contributed by atoms with E-state index in [1.54, 1.807) is 30.2 Å². The Morgan fingerprint density at radius 1 is 1.12 bits per heavy atom. The van der Waals surface area contributed by atoms with Crippen LogP contribution in [0.5, 0.6) is 0 Å². The van der Waals surface area contributed by atoms with Crippen LogP contribution in [0.15, 0.2) is 78.5 Å². The zero-order valence-electron chi connectivity index (χ0n) is 13.8. The van der Waals surface area contributed by atoms with Gasteiger partial charge in [0.05, 0.1) is 24.8 Å². The highest BCUT2D eigenvalue weighted by Crippen LogP contribution is 2.25. The SMILES string of the molecule is Cn1cc(-c2cnn(Cc3ccccc3)c2)c(-n2ccnc2)cc1=O. The maximum Gasteiger partial charge on any atom is 0.252 e. The van der Waals surface area contributed by atoms with Gasteiger partial charge in [-0.15, -0.1) is 0 Å². The van der Waals surface area contributed by atoms with Gasteiger partial charge in [0, 0.05) is 49.0 Å². The largest absolute Gasteiger partial charge is 0.318 e. The second-order valence-corrected chi connectivity index (χ2v) is 5.90. The number of hydrogen-bond donors (Lipinski definition) is 0. The zero-order chi connectivity index (χ0) is 17.2. The summed E-state index contributed by atoms with van der Waals surface area (Å²) in [6.07, 6.45) is 10.9. The van der Waals surface area contributed by atoms with E-state index >= 15 is 0 Å².